The van der Waals surface area contributed by atoms with Gasteiger partial charge in [-0.2, -0.15) is 0 Å². The van der Waals surface area contributed by atoms with Gasteiger partial charge in [-0.05, 0) is 60.4 Å². The molecule has 0 aliphatic carbocycles. The van der Waals surface area contributed by atoms with Gasteiger partial charge in [0.25, 0.3) is 0 Å². The molecule has 0 radical (unpaired) electrons. The van der Waals surface area contributed by atoms with Crippen LogP contribution in [0, 0.1) is 5.92 Å². The number of likely N-dealkylation sites (tertiary alicyclic amines) is 1. The van der Waals surface area contributed by atoms with Gasteiger partial charge < -0.3 is 20.4 Å². The van der Waals surface area contributed by atoms with E-state index in [0.29, 0.717) is 17.5 Å². The van der Waals surface area contributed by atoms with Crippen molar-refractivity contribution in [2.24, 2.45) is 5.92 Å². The minimum Gasteiger partial charge on any atom is -0.508 e. The van der Waals surface area contributed by atoms with Crippen LogP contribution in [0.3, 0.4) is 0 Å². The first-order chi connectivity index (χ1) is 15.1. The van der Waals surface area contributed by atoms with Crippen LogP contribution in [0.2, 0.25) is 0 Å². The summed E-state index contributed by atoms with van der Waals surface area (Å²) in [4.78, 5) is 17.9. The second-order valence-corrected chi connectivity index (χ2v) is 9.14. The third kappa shape index (κ3) is 3.90. The third-order valence-corrected chi connectivity index (χ3v) is 7.39. The molecule has 5 rings (SSSR count). The summed E-state index contributed by atoms with van der Waals surface area (Å²) < 4.78 is 0. The molecule has 2 aromatic rings. The fourth-order valence-corrected chi connectivity index (χ4v) is 5.86. The van der Waals surface area contributed by atoms with Crippen LogP contribution >= 0.6 is 0 Å². The number of aromatic hydroxyl groups is 1. The first kappa shape index (κ1) is 20.3. The Balaban J connectivity index is 1.35. The fraction of sp³-hybridized carbons (Fsp3) is 0.480. The van der Waals surface area contributed by atoms with Crippen molar-refractivity contribution in [3.63, 3.8) is 0 Å². The number of aliphatic hydroxyl groups is 1. The van der Waals surface area contributed by atoms with Gasteiger partial charge in [-0.1, -0.05) is 36.4 Å². The number of phenols is 1. The Kier molecular flexibility index (Phi) is 5.59. The van der Waals surface area contributed by atoms with E-state index in [9.17, 15) is 15.0 Å². The molecule has 3 aliphatic heterocycles. The van der Waals surface area contributed by atoms with Gasteiger partial charge in [0.15, 0.2) is 0 Å². The highest BCUT2D eigenvalue weighted by Gasteiger charge is 2.44. The maximum Gasteiger partial charge on any atom is 0.318 e. The van der Waals surface area contributed by atoms with Crippen molar-refractivity contribution in [2.45, 2.75) is 43.8 Å². The van der Waals surface area contributed by atoms with Gasteiger partial charge in [-0.25, -0.2) is 4.79 Å². The molecular weight excluding hydrogens is 390 g/mol. The molecule has 0 spiro atoms. The number of amides is 2. The summed E-state index contributed by atoms with van der Waals surface area (Å²) in [5.74, 6) is 0.626. The fourth-order valence-electron chi connectivity index (χ4n) is 5.86. The van der Waals surface area contributed by atoms with Crippen molar-refractivity contribution >= 4 is 6.03 Å². The molecule has 3 aliphatic rings. The maximum absolute atomic E-state index is 13.3. The first-order valence-corrected chi connectivity index (χ1v) is 11.4. The molecule has 0 saturated carbocycles. The predicted molar refractivity (Wildman–Crippen MR) is 119 cm³/mol. The molecule has 2 aromatic carbocycles. The lowest BCUT2D eigenvalue weighted by atomic mass is 9.77. The lowest BCUT2D eigenvalue weighted by Gasteiger charge is -2.52. The van der Waals surface area contributed by atoms with E-state index >= 15 is 0 Å². The van der Waals surface area contributed by atoms with Crippen LogP contribution in [0.25, 0.3) is 0 Å². The first-order valence-electron chi connectivity index (χ1n) is 11.4. The number of carbonyl (C=O) groups excluding carboxylic acids is 1. The molecule has 0 bridgehead atoms. The molecule has 2 saturated heterocycles. The van der Waals surface area contributed by atoms with Crippen LogP contribution in [-0.4, -0.2) is 58.3 Å². The molecule has 2 amide bonds. The normalized spacial score (nSPS) is 26.4. The standard InChI is InChI=1S/C25H31N3O3/c29-16-22(18-6-3-8-20(30)13-18)26-25(31)28-11-4-7-19-15-27-12-10-17-5-1-2-9-21(17)24(27)14-23(19)28/h1-3,5-6,8-9,13,19,22-24,29-30H,4,7,10-12,14-16H2,(H,26,31)/t19-,22-,23+,24+/m0/s1. The predicted octanol–water partition coefficient (Wildman–Crippen LogP) is 3.22. The number of benzene rings is 2. The number of urea groups is 1. The minimum absolute atomic E-state index is 0.116. The van der Waals surface area contributed by atoms with Crippen LogP contribution < -0.4 is 5.32 Å². The SMILES string of the molecule is O=C(N[C@@H](CO)c1cccc(O)c1)N1CCC[C@H]2CN3CCc4ccccc4[C@H]3C[C@H]21. The largest absolute Gasteiger partial charge is 0.508 e. The summed E-state index contributed by atoms with van der Waals surface area (Å²) in [7, 11) is 0. The molecule has 0 unspecified atom stereocenters. The highest BCUT2D eigenvalue weighted by molar-refractivity contribution is 5.75. The molecule has 3 heterocycles. The Morgan fingerprint density at radius 2 is 2.03 bits per heavy atom. The number of fused-ring (bicyclic) bond motifs is 4. The summed E-state index contributed by atoms with van der Waals surface area (Å²) in [6, 6.07) is 15.4. The zero-order valence-corrected chi connectivity index (χ0v) is 17.8. The average Bonchev–Trinajstić information content (AvgIpc) is 2.80. The monoisotopic (exact) mass is 421 g/mol. The summed E-state index contributed by atoms with van der Waals surface area (Å²) in [5, 5.41) is 22.7. The Hall–Kier alpha value is -2.57. The minimum atomic E-state index is -0.532. The number of hydrogen-bond donors (Lipinski definition) is 3. The zero-order chi connectivity index (χ0) is 21.4. The molecule has 164 valence electrons. The van der Waals surface area contributed by atoms with E-state index in [1.165, 1.54) is 11.1 Å². The Bertz CT molecular complexity index is 949. The van der Waals surface area contributed by atoms with E-state index in [-0.39, 0.29) is 24.4 Å². The van der Waals surface area contributed by atoms with Gasteiger partial charge in [0.2, 0.25) is 0 Å². The average molecular weight is 422 g/mol. The lowest BCUT2D eigenvalue weighted by Crippen LogP contribution is -2.59. The van der Waals surface area contributed by atoms with E-state index in [0.717, 1.165) is 45.3 Å². The van der Waals surface area contributed by atoms with Crippen LogP contribution in [0.15, 0.2) is 48.5 Å². The summed E-state index contributed by atoms with van der Waals surface area (Å²) in [5.41, 5.74) is 3.57. The van der Waals surface area contributed by atoms with Crippen LogP contribution in [0.5, 0.6) is 5.75 Å². The van der Waals surface area contributed by atoms with E-state index < -0.39 is 6.04 Å². The van der Waals surface area contributed by atoms with Crippen molar-refractivity contribution in [1.29, 1.82) is 0 Å². The van der Waals surface area contributed by atoms with Crippen LogP contribution in [0.4, 0.5) is 4.79 Å². The number of hydrogen-bond acceptors (Lipinski definition) is 4. The second-order valence-electron chi connectivity index (χ2n) is 9.14. The molecule has 4 atom stereocenters. The molecule has 0 aromatic heterocycles. The molecule has 2 fully saturated rings. The molecule has 3 N–H and O–H groups in total. The Labute approximate surface area is 183 Å². The van der Waals surface area contributed by atoms with Gasteiger partial charge in [0.05, 0.1) is 12.6 Å². The smallest absolute Gasteiger partial charge is 0.318 e. The van der Waals surface area contributed by atoms with Gasteiger partial charge in [-0.15, -0.1) is 0 Å². The number of rotatable bonds is 3. The van der Waals surface area contributed by atoms with Crippen molar-refractivity contribution in [1.82, 2.24) is 15.1 Å². The summed E-state index contributed by atoms with van der Waals surface area (Å²) in [6.45, 7) is 2.69. The van der Waals surface area contributed by atoms with Crippen molar-refractivity contribution in [3.8, 4) is 5.75 Å². The molecule has 6 nitrogen and oxygen atoms in total. The number of carbonyl (C=O) groups is 1. The van der Waals surface area contributed by atoms with E-state index in [4.69, 9.17) is 0 Å². The summed E-state index contributed by atoms with van der Waals surface area (Å²) >= 11 is 0. The third-order valence-electron chi connectivity index (χ3n) is 7.39. The highest BCUT2D eigenvalue weighted by atomic mass is 16.3. The molecule has 31 heavy (non-hydrogen) atoms. The topological polar surface area (TPSA) is 76.0 Å². The molecular formula is C25H31N3O3. The lowest BCUT2D eigenvalue weighted by molar-refractivity contribution is 0.00486. The van der Waals surface area contributed by atoms with Gasteiger partial charge in [0, 0.05) is 31.7 Å². The Morgan fingerprint density at radius 1 is 1.16 bits per heavy atom. The Morgan fingerprint density at radius 3 is 2.87 bits per heavy atom. The zero-order valence-electron chi connectivity index (χ0n) is 17.8. The van der Waals surface area contributed by atoms with Crippen LogP contribution in [-0.2, 0) is 6.42 Å². The molecule has 6 heteroatoms. The van der Waals surface area contributed by atoms with Crippen molar-refractivity contribution in [2.75, 3.05) is 26.2 Å². The van der Waals surface area contributed by atoms with E-state index in [2.05, 4.69) is 34.5 Å². The number of phenolic OH excluding ortho intramolecular Hbond substituents is 1. The van der Waals surface area contributed by atoms with Crippen molar-refractivity contribution < 1.29 is 15.0 Å². The van der Waals surface area contributed by atoms with Gasteiger partial charge >= 0.3 is 6.03 Å². The quantitative estimate of drug-likeness (QED) is 0.711. The van der Waals surface area contributed by atoms with Gasteiger partial charge in [0.1, 0.15) is 5.75 Å². The van der Waals surface area contributed by atoms with Crippen LogP contribution in [0.1, 0.15) is 48.0 Å². The highest BCUT2D eigenvalue weighted by Crippen LogP contribution is 2.42. The van der Waals surface area contributed by atoms with E-state index in [1.54, 1.807) is 18.2 Å². The number of nitrogens with zero attached hydrogens (tertiary/aromatic N) is 2. The van der Waals surface area contributed by atoms with Crippen molar-refractivity contribution in [3.05, 3.63) is 65.2 Å². The maximum atomic E-state index is 13.3. The van der Waals surface area contributed by atoms with E-state index in [1.807, 2.05) is 11.0 Å². The summed E-state index contributed by atoms with van der Waals surface area (Å²) in [6.07, 6.45) is 4.25. The van der Waals surface area contributed by atoms with Gasteiger partial charge in [-0.3, -0.25) is 4.90 Å². The second kappa shape index (κ2) is 8.52. The number of piperidine rings is 2. The number of nitrogens with one attached hydrogen (secondary N) is 1. The number of aliphatic hydroxyl groups excluding tert-OH is 1.